The first-order valence-electron chi connectivity index (χ1n) is 10.7. The second-order valence-electron chi connectivity index (χ2n) is 8.01. The Kier molecular flexibility index (Phi) is 5.28. The van der Waals surface area contributed by atoms with Crippen molar-refractivity contribution in [3.63, 3.8) is 0 Å². The Morgan fingerprint density at radius 2 is 1.84 bits per heavy atom. The van der Waals surface area contributed by atoms with Gasteiger partial charge in [0.15, 0.2) is 0 Å². The molecule has 3 heterocycles. The van der Waals surface area contributed by atoms with E-state index in [1.165, 1.54) is 0 Å². The highest BCUT2D eigenvalue weighted by Crippen LogP contribution is 2.37. The van der Waals surface area contributed by atoms with Crippen molar-refractivity contribution in [1.29, 1.82) is 0 Å². The molecule has 32 heavy (non-hydrogen) atoms. The summed E-state index contributed by atoms with van der Waals surface area (Å²) in [7, 11) is 3.80. The van der Waals surface area contributed by atoms with E-state index in [1.54, 1.807) is 13.3 Å². The van der Waals surface area contributed by atoms with Gasteiger partial charge in [-0.1, -0.05) is 18.2 Å². The molecule has 2 aromatic heterocycles. The summed E-state index contributed by atoms with van der Waals surface area (Å²) in [4.78, 5) is 13.7. The average molecular weight is 430 g/mol. The minimum Gasteiger partial charge on any atom is -0.494 e. The maximum Gasteiger partial charge on any atom is 0.229 e. The number of nitrogens with zero attached hydrogens (tertiary/aromatic N) is 5. The molecule has 0 radical (unpaired) electrons. The van der Waals surface area contributed by atoms with Crippen LogP contribution in [0.5, 0.6) is 5.75 Å². The third kappa shape index (κ3) is 3.80. The van der Waals surface area contributed by atoms with E-state index < -0.39 is 0 Å². The fourth-order valence-corrected chi connectivity index (χ4v) is 4.12. The van der Waals surface area contributed by atoms with Crippen LogP contribution in [0, 0.1) is 0 Å². The Bertz CT molecular complexity index is 1240. The second-order valence-corrected chi connectivity index (χ2v) is 8.01. The molecule has 0 unspecified atom stereocenters. The fraction of sp³-hybridized carbons (Fsp3) is 0.250. The molecule has 8 heteroatoms. The lowest BCUT2D eigenvalue weighted by Crippen LogP contribution is -2.44. The van der Waals surface area contributed by atoms with E-state index in [1.807, 2.05) is 41.1 Å². The molecule has 3 N–H and O–H groups in total. The Morgan fingerprint density at radius 1 is 1.03 bits per heavy atom. The van der Waals surface area contributed by atoms with Gasteiger partial charge >= 0.3 is 0 Å². The first kappa shape index (κ1) is 20.1. The number of piperazine rings is 1. The summed E-state index contributed by atoms with van der Waals surface area (Å²) in [5.41, 5.74) is 9.96. The smallest absolute Gasteiger partial charge is 0.229 e. The van der Waals surface area contributed by atoms with Crippen LogP contribution in [0.2, 0.25) is 0 Å². The van der Waals surface area contributed by atoms with Crippen LogP contribution >= 0.6 is 0 Å². The number of hydrogen-bond acceptors (Lipinski definition) is 7. The highest BCUT2D eigenvalue weighted by Gasteiger charge is 2.19. The van der Waals surface area contributed by atoms with Gasteiger partial charge in [0.1, 0.15) is 11.6 Å². The Balaban J connectivity index is 1.44. The van der Waals surface area contributed by atoms with Gasteiger partial charge in [-0.05, 0) is 36.7 Å². The third-order valence-electron chi connectivity index (χ3n) is 5.93. The van der Waals surface area contributed by atoms with Crippen LogP contribution < -0.4 is 20.7 Å². The number of para-hydroxylation sites is 1. The van der Waals surface area contributed by atoms with Crippen LogP contribution in [0.1, 0.15) is 0 Å². The maximum absolute atomic E-state index is 6.44. The van der Waals surface area contributed by atoms with Crippen LogP contribution in [0.4, 0.5) is 23.0 Å². The van der Waals surface area contributed by atoms with Gasteiger partial charge < -0.3 is 30.2 Å². The number of rotatable bonds is 5. The Labute approximate surface area is 187 Å². The number of fused-ring (bicyclic) bond motifs is 1. The van der Waals surface area contributed by atoms with Gasteiger partial charge in [0, 0.05) is 44.6 Å². The van der Waals surface area contributed by atoms with Crippen LogP contribution in [0.15, 0.2) is 60.9 Å². The zero-order valence-corrected chi connectivity index (χ0v) is 18.3. The number of aromatic nitrogens is 3. The zero-order chi connectivity index (χ0) is 22.1. The van der Waals surface area contributed by atoms with Crippen LogP contribution in [-0.2, 0) is 0 Å². The number of nitrogen functional groups attached to an aromatic ring is 1. The van der Waals surface area contributed by atoms with Crippen molar-refractivity contribution in [3.05, 3.63) is 60.9 Å². The van der Waals surface area contributed by atoms with Crippen molar-refractivity contribution in [2.75, 3.05) is 56.3 Å². The standard InChI is InChI=1S/C24H27N7O/c1-29-11-13-30(14-12-29)21-16-22(32-2)19(15-18(21)25)27-24-26-9-7-23(28-24)31-10-8-17-5-3-4-6-20(17)31/h3-10,15-16H,11-14,25H2,1-2H3,(H,26,27,28). The lowest BCUT2D eigenvalue weighted by molar-refractivity contribution is 0.313. The van der Waals surface area contributed by atoms with Crippen LogP contribution in [0.3, 0.4) is 0 Å². The largest absolute Gasteiger partial charge is 0.494 e. The van der Waals surface area contributed by atoms with Crippen molar-refractivity contribution in [1.82, 2.24) is 19.4 Å². The molecular weight excluding hydrogens is 402 g/mol. The van der Waals surface area contributed by atoms with Crippen molar-refractivity contribution in [2.24, 2.45) is 0 Å². The van der Waals surface area contributed by atoms with E-state index in [2.05, 4.69) is 45.3 Å². The van der Waals surface area contributed by atoms with Crippen molar-refractivity contribution in [3.8, 4) is 11.6 Å². The van der Waals surface area contributed by atoms with Gasteiger partial charge in [-0.15, -0.1) is 0 Å². The summed E-state index contributed by atoms with van der Waals surface area (Å²) in [6.07, 6.45) is 3.76. The molecule has 164 valence electrons. The topological polar surface area (TPSA) is 84.5 Å². The maximum atomic E-state index is 6.44. The molecule has 1 fully saturated rings. The number of nitrogens with one attached hydrogen (secondary N) is 1. The number of nitrogens with two attached hydrogens (primary N) is 1. The average Bonchev–Trinajstić information content (AvgIpc) is 3.24. The van der Waals surface area contributed by atoms with Gasteiger partial charge in [0.25, 0.3) is 0 Å². The molecule has 0 aliphatic carbocycles. The first-order chi connectivity index (χ1) is 15.6. The Hall–Kier alpha value is -3.78. The van der Waals surface area contributed by atoms with E-state index in [0.29, 0.717) is 17.4 Å². The normalized spacial score (nSPS) is 14.6. The number of ether oxygens (including phenoxy) is 1. The third-order valence-corrected chi connectivity index (χ3v) is 5.93. The van der Waals surface area contributed by atoms with Crippen molar-refractivity contribution in [2.45, 2.75) is 0 Å². The van der Waals surface area contributed by atoms with Gasteiger partial charge in [-0.2, -0.15) is 4.98 Å². The van der Waals surface area contributed by atoms with Gasteiger partial charge in [0.2, 0.25) is 5.95 Å². The lowest BCUT2D eigenvalue weighted by Gasteiger charge is -2.35. The highest BCUT2D eigenvalue weighted by atomic mass is 16.5. The summed E-state index contributed by atoms with van der Waals surface area (Å²) in [6, 6.07) is 16.1. The molecule has 8 nitrogen and oxygen atoms in total. The molecule has 4 aromatic rings. The van der Waals surface area contributed by atoms with E-state index in [9.17, 15) is 0 Å². The Morgan fingerprint density at radius 3 is 2.66 bits per heavy atom. The SMILES string of the molecule is COc1cc(N2CCN(C)CC2)c(N)cc1Nc1nccc(-n2ccc3ccccc32)n1. The number of anilines is 4. The zero-order valence-electron chi connectivity index (χ0n) is 18.3. The number of methoxy groups -OCH3 is 1. The molecular formula is C24H27N7O. The molecule has 0 atom stereocenters. The molecule has 1 aliphatic rings. The summed E-state index contributed by atoms with van der Waals surface area (Å²) in [5, 5.41) is 4.45. The summed E-state index contributed by atoms with van der Waals surface area (Å²) in [6.45, 7) is 3.89. The fourth-order valence-electron chi connectivity index (χ4n) is 4.12. The molecule has 1 aliphatic heterocycles. The minimum absolute atomic E-state index is 0.477. The van der Waals surface area contributed by atoms with Crippen molar-refractivity contribution < 1.29 is 4.74 Å². The van der Waals surface area contributed by atoms with Crippen LogP contribution in [0.25, 0.3) is 16.7 Å². The highest BCUT2D eigenvalue weighted by molar-refractivity contribution is 5.82. The predicted molar refractivity (Wildman–Crippen MR) is 129 cm³/mol. The molecule has 0 spiro atoms. The molecule has 1 saturated heterocycles. The van der Waals surface area contributed by atoms with E-state index in [-0.39, 0.29) is 0 Å². The molecule has 0 amide bonds. The van der Waals surface area contributed by atoms with Gasteiger partial charge in [0.05, 0.1) is 29.7 Å². The molecule has 5 rings (SSSR count). The summed E-state index contributed by atoms with van der Waals surface area (Å²) in [5.74, 6) is 1.96. The number of likely N-dealkylation sites (N-methyl/N-ethyl adjacent to an activating group) is 1. The second kappa shape index (κ2) is 8.39. The number of hydrogen-bond donors (Lipinski definition) is 2. The quantitative estimate of drug-likeness (QED) is 0.470. The summed E-state index contributed by atoms with van der Waals surface area (Å²) < 4.78 is 7.72. The monoisotopic (exact) mass is 429 g/mol. The van der Waals surface area contributed by atoms with E-state index >= 15 is 0 Å². The number of benzene rings is 2. The van der Waals surface area contributed by atoms with Crippen LogP contribution in [-0.4, -0.2) is 59.8 Å². The van der Waals surface area contributed by atoms with E-state index in [4.69, 9.17) is 15.5 Å². The minimum atomic E-state index is 0.477. The first-order valence-corrected chi connectivity index (χ1v) is 10.7. The molecule has 2 aromatic carbocycles. The molecule has 0 bridgehead atoms. The van der Waals surface area contributed by atoms with Gasteiger partial charge in [-0.25, -0.2) is 4.98 Å². The van der Waals surface area contributed by atoms with Crippen molar-refractivity contribution >= 4 is 33.9 Å². The van der Waals surface area contributed by atoms with E-state index in [0.717, 1.165) is 54.3 Å². The predicted octanol–water partition coefficient (Wildman–Crippen LogP) is 3.51. The summed E-state index contributed by atoms with van der Waals surface area (Å²) >= 11 is 0. The lowest BCUT2D eigenvalue weighted by atomic mass is 10.2. The molecule has 0 saturated carbocycles. The van der Waals surface area contributed by atoms with Gasteiger partial charge in [-0.3, -0.25) is 0 Å².